The van der Waals surface area contributed by atoms with Crippen molar-refractivity contribution in [3.8, 4) is 0 Å². The summed E-state index contributed by atoms with van der Waals surface area (Å²) in [4.78, 5) is 27.0. The number of nitrogens with one attached hydrogen (secondary N) is 2. The second-order valence-electron chi connectivity index (χ2n) is 17.8. The summed E-state index contributed by atoms with van der Waals surface area (Å²) in [6, 6.07) is 43.5. The molecule has 6 aromatic rings. The van der Waals surface area contributed by atoms with E-state index in [1.54, 1.807) is 11.9 Å². The van der Waals surface area contributed by atoms with Crippen LogP contribution < -0.4 is 29.5 Å². The number of rotatable bonds is 5. The Morgan fingerprint density at radius 3 is 1.40 bits per heavy atom. The van der Waals surface area contributed by atoms with Crippen LogP contribution in [0.1, 0.15) is 107 Å². The normalized spacial score (nSPS) is 19.6. The number of aliphatic hydroxyl groups is 1. The van der Waals surface area contributed by atoms with Gasteiger partial charge in [-0.05, 0) is 154 Å². The van der Waals surface area contributed by atoms with Crippen molar-refractivity contribution in [3.05, 3.63) is 209 Å². The van der Waals surface area contributed by atoms with Gasteiger partial charge in [0, 0.05) is 46.4 Å². The van der Waals surface area contributed by atoms with Gasteiger partial charge in [0.15, 0.2) is 0 Å². The summed E-state index contributed by atoms with van der Waals surface area (Å²) < 4.78 is 11.2. The Hall–Kier alpha value is -4.06. The van der Waals surface area contributed by atoms with Crippen molar-refractivity contribution in [2.24, 2.45) is 0 Å². The Balaban J connectivity index is 0.000000275. The van der Waals surface area contributed by atoms with Crippen LogP contribution >= 0.6 is 57.4 Å². The number of benzene rings is 6. The smallest absolute Gasteiger partial charge is 0.870 e. The number of amides is 2. The van der Waals surface area contributed by atoms with Gasteiger partial charge < -0.3 is 35.6 Å². The number of nitrogens with zero attached hydrogens (tertiary/aromatic N) is 1. The number of aliphatic hydroxyl groups excluding tert-OH is 1. The number of cyclic esters (lactones) is 2. The van der Waals surface area contributed by atoms with E-state index >= 15 is 0 Å². The minimum absolute atomic E-state index is 0. The average molecular weight is 1160 g/mol. The molecule has 0 bridgehead atoms. The van der Waals surface area contributed by atoms with E-state index in [4.69, 9.17) is 44.3 Å². The van der Waals surface area contributed by atoms with E-state index in [9.17, 15) is 14.7 Å². The van der Waals surface area contributed by atoms with Crippen LogP contribution in [0.25, 0.3) is 0 Å². The third-order valence-electron chi connectivity index (χ3n) is 13.7. The fourth-order valence-corrected chi connectivity index (χ4v) is 11.3. The van der Waals surface area contributed by atoms with Crippen LogP contribution in [-0.2, 0) is 48.0 Å². The van der Waals surface area contributed by atoms with Gasteiger partial charge in [-0.25, -0.2) is 9.59 Å². The minimum atomic E-state index is -0.450. The monoisotopic (exact) mass is 1160 g/mol. The summed E-state index contributed by atoms with van der Waals surface area (Å²) >= 11 is 20.7. The van der Waals surface area contributed by atoms with Gasteiger partial charge in [-0.2, -0.15) is 0 Å². The zero-order valence-corrected chi connectivity index (χ0v) is 44.4. The van der Waals surface area contributed by atoms with Crippen molar-refractivity contribution in [2.45, 2.75) is 96.9 Å². The number of alkyl halides is 1. The second kappa shape index (κ2) is 29.3. The molecule has 14 heteroatoms. The van der Waals surface area contributed by atoms with E-state index in [-0.39, 0.29) is 88.8 Å². The fourth-order valence-electron chi connectivity index (χ4n) is 10.7. The molecular formula is C59H70Cl3ILiN3O6. The molecule has 5 aliphatic rings. The molecule has 73 heavy (non-hydrogen) atoms. The SMILES string of the molecule is C.C.C.CI.CN1CC(C2c3ccccc3CCc3cc(Cl)ccc32)OC1=O.CNCC(O)C1c2ccccc2CCc2cc(Cl)ccc21.O=C1NCC(C2c3ccccc3CCc3cc(Cl)ccc32)O1.[Li+].[OH-]. The zero-order chi connectivity index (χ0) is 47.9. The van der Waals surface area contributed by atoms with E-state index in [2.05, 4.69) is 130 Å². The third kappa shape index (κ3) is 14.5. The molecule has 2 saturated heterocycles. The van der Waals surface area contributed by atoms with Crippen molar-refractivity contribution in [1.82, 2.24) is 15.5 Å². The summed E-state index contributed by atoms with van der Waals surface area (Å²) in [6.07, 6.45) is 4.48. The molecule has 2 aliphatic heterocycles. The molecule has 386 valence electrons. The number of alkyl carbamates (subject to hydrolysis) is 1. The maximum Gasteiger partial charge on any atom is 1.00 e. The molecule has 0 radical (unpaired) electrons. The zero-order valence-electron chi connectivity index (χ0n) is 39.9. The van der Waals surface area contributed by atoms with Gasteiger partial charge in [0.2, 0.25) is 0 Å². The van der Waals surface area contributed by atoms with Crippen molar-refractivity contribution >= 4 is 69.6 Å². The van der Waals surface area contributed by atoms with E-state index in [1.165, 1.54) is 66.8 Å². The standard InChI is InChI=1S/C19H18ClNO2.C18H16ClNO2.C18H20ClNO.CH3I.3CH4.Li.H2O/c1-21-11-17(23-19(21)22)18-15-5-3-2-4-12(15)6-7-13-10-14(20)8-9-16(13)18;19-13-7-8-15-12(9-13)6-5-11-3-1-2-4-14(11)17(15)16-10-20-18(21)22-16;1-20-11-17(21)18-15-5-3-2-4-12(15)6-7-13-10-14(19)8-9-16(13)18;1-2;;;;;/h2-5,8-10,17-18H,6-7,11H2,1H3;1-4,7-9,16-17H,5-6,10H2,(H,20,21);2-5,8-10,17-18,20-21H,6-7,11H2,1H3;1H3;3*1H4;;1H2/q;;;;;;;+1;/p-1. The van der Waals surface area contributed by atoms with Crippen LogP contribution in [0.5, 0.6) is 0 Å². The van der Waals surface area contributed by atoms with Gasteiger partial charge >= 0.3 is 31.0 Å². The molecule has 2 heterocycles. The van der Waals surface area contributed by atoms with Gasteiger partial charge in [-0.15, -0.1) is 0 Å². The van der Waals surface area contributed by atoms with E-state index in [0.717, 1.165) is 53.6 Å². The topological polar surface area (TPSA) is 130 Å². The number of carbonyl (C=O) groups excluding carboxylic acids is 2. The summed E-state index contributed by atoms with van der Waals surface area (Å²) in [5.41, 5.74) is 15.1. The first-order valence-corrected chi connectivity index (χ1v) is 26.5. The Labute approximate surface area is 474 Å². The molecule has 2 amide bonds. The van der Waals surface area contributed by atoms with Crippen molar-refractivity contribution in [1.29, 1.82) is 0 Å². The van der Waals surface area contributed by atoms with Crippen LogP contribution in [0.15, 0.2) is 127 Å². The average Bonchev–Trinajstić information content (AvgIpc) is 3.75. The first-order chi connectivity index (χ1) is 33.1. The fraction of sp³-hybridized carbons (Fsp3) is 0.356. The van der Waals surface area contributed by atoms with Gasteiger partial charge in [0.25, 0.3) is 0 Å². The third-order valence-corrected chi connectivity index (χ3v) is 14.5. The number of carbonyl (C=O) groups is 2. The van der Waals surface area contributed by atoms with Crippen LogP contribution in [0.2, 0.25) is 15.1 Å². The minimum Gasteiger partial charge on any atom is -0.870 e. The molecule has 9 nitrogen and oxygen atoms in total. The molecule has 11 rings (SSSR count). The summed E-state index contributed by atoms with van der Waals surface area (Å²) in [5.74, 6) is 0.128. The molecule has 6 atom stereocenters. The molecular weight excluding hydrogens is 1090 g/mol. The van der Waals surface area contributed by atoms with E-state index in [0.29, 0.717) is 19.6 Å². The van der Waals surface area contributed by atoms with Gasteiger partial charge in [-0.1, -0.05) is 171 Å². The van der Waals surface area contributed by atoms with E-state index in [1.807, 2.05) is 42.3 Å². The number of hydrogen-bond acceptors (Lipinski definition) is 7. The van der Waals surface area contributed by atoms with Crippen LogP contribution in [0.4, 0.5) is 9.59 Å². The van der Waals surface area contributed by atoms with Crippen LogP contribution in [0, 0.1) is 0 Å². The number of hydrogen-bond donors (Lipinski definition) is 3. The van der Waals surface area contributed by atoms with Gasteiger partial charge in [-0.3, -0.25) is 0 Å². The number of aryl methyl sites for hydroxylation is 6. The Morgan fingerprint density at radius 2 is 0.973 bits per heavy atom. The Morgan fingerprint density at radius 1 is 0.603 bits per heavy atom. The number of fused-ring (bicyclic) bond motifs is 6. The molecule has 3 aliphatic carbocycles. The number of halogens is 4. The first-order valence-electron chi connectivity index (χ1n) is 23.2. The van der Waals surface area contributed by atoms with Gasteiger partial charge in [0.05, 0.1) is 19.2 Å². The quantitative estimate of drug-likeness (QED) is 0.0890. The predicted molar refractivity (Wildman–Crippen MR) is 305 cm³/mol. The molecule has 4 N–H and O–H groups in total. The Bertz CT molecular complexity index is 2770. The predicted octanol–water partition coefficient (Wildman–Crippen LogP) is 10.6. The van der Waals surface area contributed by atoms with Crippen molar-refractivity contribution < 1.29 is 48.5 Å². The molecule has 0 saturated carbocycles. The van der Waals surface area contributed by atoms with Crippen LogP contribution in [-0.4, -0.2) is 84.6 Å². The van der Waals surface area contributed by atoms with Crippen LogP contribution in [0.3, 0.4) is 0 Å². The number of likely N-dealkylation sites (N-methyl/N-ethyl adjacent to an activating group) is 2. The van der Waals surface area contributed by atoms with Crippen molar-refractivity contribution in [2.75, 3.05) is 38.7 Å². The van der Waals surface area contributed by atoms with Gasteiger partial charge in [0.1, 0.15) is 12.2 Å². The summed E-state index contributed by atoms with van der Waals surface area (Å²) in [7, 11) is 3.66. The van der Waals surface area contributed by atoms with Crippen molar-refractivity contribution in [3.63, 3.8) is 0 Å². The summed E-state index contributed by atoms with van der Waals surface area (Å²) in [5, 5.41) is 18.8. The molecule has 0 spiro atoms. The maximum absolute atomic E-state index is 11.9. The second-order valence-corrected chi connectivity index (χ2v) is 19.1. The largest absolute Gasteiger partial charge is 1.00 e. The molecule has 6 unspecified atom stereocenters. The summed E-state index contributed by atoms with van der Waals surface area (Å²) in [6.45, 7) is 1.72. The number of ether oxygens (including phenoxy) is 2. The van der Waals surface area contributed by atoms with E-state index < -0.39 is 6.10 Å². The Kier molecular flexibility index (Phi) is 25.4. The first kappa shape index (κ1) is 63.2. The molecule has 0 aromatic heterocycles. The molecule has 2 fully saturated rings. The maximum atomic E-state index is 11.9. The molecule has 6 aromatic carbocycles.